The first-order valence-corrected chi connectivity index (χ1v) is 12.9. The van der Waals surface area contributed by atoms with Gasteiger partial charge in [-0.05, 0) is 67.4 Å². The first-order chi connectivity index (χ1) is 17.5. The van der Waals surface area contributed by atoms with Crippen molar-refractivity contribution in [2.75, 3.05) is 5.32 Å². The van der Waals surface area contributed by atoms with Gasteiger partial charge < -0.3 is 15.0 Å². The Morgan fingerprint density at radius 2 is 1.83 bits per heavy atom. The molecule has 0 aliphatic heterocycles. The van der Waals surface area contributed by atoms with Gasteiger partial charge in [0.25, 0.3) is 11.5 Å². The van der Waals surface area contributed by atoms with E-state index >= 15 is 0 Å². The Bertz CT molecular complexity index is 1630. The van der Waals surface area contributed by atoms with Crippen molar-refractivity contribution >= 4 is 44.1 Å². The summed E-state index contributed by atoms with van der Waals surface area (Å²) in [5.41, 5.74) is 3.53. The van der Waals surface area contributed by atoms with Crippen LogP contribution in [0.4, 0.5) is 5.69 Å². The van der Waals surface area contributed by atoms with Gasteiger partial charge in [-0.1, -0.05) is 38.0 Å². The molecule has 0 bridgehead atoms. The number of pyridine rings is 1. The Morgan fingerprint density at radius 3 is 2.61 bits per heavy atom. The number of nitrogens with one attached hydrogen (secondary N) is 1. The Kier molecular flexibility index (Phi) is 6.57. The van der Waals surface area contributed by atoms with Crippen LogP contribution in [0.2, 0.25) is 0 Å². The molecular formula is C29H27N3O3S. The van der Waals surface area contributed by atoms with Crippen LogP contribution in [0, 0.1) is 6.92 Å². The van der Waals surface area contributed by atoms with Gasteiger partial charge in [0.05, 0.1) is 15.7 Å². The number of thiazole rings is 1. The van der Waals surface area contributed by atoms with Gasteiger partial charge in [-0.15, -0.1) is 11.3 Å². The molecule has 2 heterocycles. The summed E-state index contributed by atoms with van der Waals surface area (Å²) in [4.78, 5) is 31.2. The highest BCUT2D eigenvalue weighted by molar-refractivity contribution is 7.21. The van der Waals surface area contributed by atoms with Crippen molar-refractivity contribution in [3.8, 4) is 16.3 Å². The number of hydrogen-bond donors (Lipinski definition) is 2. The molecule has 182 valence electrons. The monoisotopic (exact) mass is 497 g/mol. The summed E-state index contributed by atoms with van der Waals surface area (Å²) in [5.74, 6) is -0.920. The van der Waals surface area contributed by atoms with Crippen molar-refractivity contribution in [2.45, 2.75) is 39.7 Å². The van der Waals surface area contributed by atoms with Crippen LogP contribution in [-0.2, 0) is 6.54 Å². The van der Waals surface area contributed by atoms with Crippen molar-refractivity contribution in [3.05, 3.63) is 88.2 Å². The quantitative estimate of drug-likeness (QED) is 0.244. The highest BCUT2D eigenvalue weighted by Gasteiger charge is 2.22. The summed E-state index contributed by atoms with van der Waals surface area (Å²) in [6, 6.07) is 20.7. The number of benzene rings is 3. The fourth-order valence-electron chi connectivity index (χ4n) is 4.38. The van der Waals surface area contributed by atoms with Gasteiger partial charge in [-0.3, -0.25) is 9.59 Å². The molecule has 5 rings (SSSR count). The fourth-order valence-corrected chi connectivity index (χ4v) is 5.45. The third-order valence-electron chi connectivity index (χ3n) is 6.29. The van der Waals surface area contributed by atoms with Crippen LogP contribution >= 0.6 is 11.3 Å². The molecule has 0 radical (unpaired) electrons. The second kappa shape index (κ2) is 9.95. The zero-order valence-electron chi connectivity index (χ0n) is 20.2. The lowest BCUT2D eigenvalue weighted by Crippen LogP contribution is -2.30. The van der Waals surface area contributed by atoms with Gasteiger partial charge in [-0.25, -0.2) is 4.98 Å². The van der Waals surface area contributed by atoms with Crippen LogP contribution in [0.1, 0.15) is 42.1 Å². The van der Waals surface area contributed by atoms with Gasteiger partial charge in [0.2, 0.25) is 0 Å². The van der Waals surface area contributed by atoms with E-state index in [2.05, 4.69) is 25.2 Å². The molecule has 2 aromatic heterocycles. The first-order valence-electron chi connectivity index (χ1n) is 12.1. The van der Waals surface area contributed by atoms with E-state index in [1.807, 2.05) is 30.3 Å². The molecule has 0 saturated carbocycles. The van der Waals surface area contributed by atoms with Gasteiger partial charge >= 0.3 is 0 Å². The van der Waals surface area contributed by atoms with E-state index in [1.165, 1.54) is 5.56 Å². The molecular weight excluding hydrogens is 470 g/mol. The molecule has 7 heteroatoms. The van der Waals surface area contributed by atoms with Crippen molar-refractivity contribution in [2.24, 2.45) is 0 Å². The van der Waals surface area contributed by atoms with Crippen molar-refractivity contribution in [3.63, 3.8) is 0 Å². The third kappa shape index (κ3) is 4.50. The number of carbonyl (C=O) groups is 1. The highest BCUT2D eigenvalue weighted by atomic mass is 32.1. The number of aryl methyl sites for hydroxylation is 2. The number of anilines is 1. The predicted molar refractivity (Wildman–Crippen MR) is 147 cm³/mol. The number of fused-ring (bicyclic) bond motifs is 2. The van der Waals surface area contributed by atoms with E-state index in [9.17, 15) is 14.7 Å². The Labute approximate surface area is 212 Å². The minimum absolute atomic E-state index is 0.240. The van der Waals surface area contributed by atoms with Crippen LogP contribution in [0.25, 0.3) is 31.7 Å². The highest BCUT2D eigenvalue weighted by Crippen LogP contribution is 2.32. The van der Waals surface area contributed by atoms with Gasteiger partial charge in [0.1, 0.15) is 16.3 Å². The summed E-state index contributed by atoms with van der Waals surface area (Å²) < 4.78 is 2.72. The van der Waals surface area contributed by atoms with E-state index in [4.69, 9.17) is 4.98 Å². The van der Waals surface area contributed by atoms with E-state index in [0.717, 1.165) is 40.1 Å². The molecule has 1 amide bonds. The maximum absolute atomic E-state index is 13.3. The Balaban J connectivity index is 1.44. The van der Waals surface area contributed by atoms with Crippen LogP contribution in [0.5, 0.6) is 5.75 Å². The largest absolute Gasteiger partial charge is 0.506 e. The van der Waals surface area contributed by atoms with Crippen LogP contribution in [0.3, 0.4) is 0 Å². The molecule has 0 aliphatic rings. The minimum Gasteiger partial charge on any atom is -0.506 e. The van der Waals surface area contributed by atoms with E-state index < -0.39 is 11.5 Å². The Hall–Kier alpha value is -3.97. The molecule has 5 aromatic rings. The van der Waals surface area contributed by atoms with E-state index in [-0.39, 0.29) is 11.3 Å². The van der Waals surface area contributed by atoms with Crippen molar-refractivity contribution in [1.82, 2.24) is 9.55 Å². The van der Waals surface area contributed by atoms with E-state index in [0.29, 0.717) is 23.1 Å². The number of nitrogens with zero attached hydrogens (tertiary/aromatic N) is 2. The van der Waals surface area contributed by atoms with Crippen LogP contribution in [-0.4, -0.2) is 20.6 Å². The number of rotatable bonds is 7. The first kappa shape index (κ1) is 23.8. The molecule has 3 aromatic carbocycles. The molecule has 6 nitrogen and oxygen atoms in total. The van der Waals surface area contributed by atoms with Crippen LogP contribution in [0.15, 0.2) is 71.5 Å². The summed E-state index contributed by atoms with van der Waals surface area (Å²) in [6.45, 7) is 4.65. The Morgan fingerprint density at radius 1 is 1.06 bits per heavy atom. The summed E-state index contributed by atoms with van der Waals surface area (Å²) in [5, 5.41) is 15.0. The smallest absolute Gasteiger partial charge is 0.267 e. The summed E-state index contributed by atoms with van der Waals surface area (Å²) in [6.07, 6.45) is 2.81. The molecule has 0 aliphatic carbocycles. The van der Waals surface area contributed by atoms with Crippen LogP contribution < -0.4 is 10.9 Å². The van der Waals surface area contributed by atoms with E-state index in [1.54, 1.807) is 46.2 Å². The number of amides is 1. The van der Waals surface area contributed by atoms with Crippen molar-refractivity contribution in [1.29, 1.82) is 0 Å². The lowest BCUT2D eigenvalue weighted by molar-refractivity contribution is 0.102. The molecule has 0 unspecified atom stereocenters. The van der Waals surface area contributed by atoms with Gasteiger partial charge in [0.15, 0.2) is 0 Å². The third-order valence-corrected chi connectivity index (χ3v) is 7.36. The SMILES string of the molecule is CCCCCn1c(=O)c(C(=O)Nc2ccc(-c3nc4ccc(C)cc4s3)cc2)c(O)c2ccccc21. The topological polar surface area (TPSA) is 84.2 Å². The molecule has 0 saturated heterocycles. The zero-order chi connectivity index (χ0) is 25.2. The molecule has 0 atom stereocenters. The standard InChI is InChI=1S/C29H27N3O3S/c1-3-4-7-16-32-23-9-6-5-8-21(23)26(33)25(29(32)35)27(34)30-20-13-11-19(12-14-20)28-31-22-15-10-18(2)17-24(22)36-28/h5-6,8-15,17,33H,3-4,7,16H2,1-2H3,(H,30,34). The number of aromatic hydroxyl groups is 1. The van der Waals surface area contributed by atoms with Crippen molar-refractivity contribution < 1.29 is 9.90 Å². The predicted octanol–water partition coefficient (Wildman–Crippen LogP) is 6.73. The summed E-state index contributed by atoms with van der Waals surface area (Å²) in [7, 11) is 0. The average Bonchev–Trinajstić information content (AvgIpc) is 3.30. The lowest BCUT2D eigenvalue weighted by Gasteiger charge is -2.15. The zero-order valence-corrected chi connectivity index (χ0v) is 21.1. The maximum Gasteiger partial charge on any atom is 0.267 e. The number of hydrogen-bond acceptors (Lipinski definition) is 5. The van der Waals surface area contributed by atoms with Gasteiger partial charge in [-0.2, -0.15) is 0 Å². The number of para-hydroxylation sites is 1. The number of aromatic nitrogens is 2. The second-order valence-electron chi connectivity index (χ2n) is 8.93. The lowest BCUT2D eigenvalue weighted by atomic mass is 10.1. The molecule has 0 spiro atoms. The minimum atomic E-state index is -0.629. The molecule has 2 N–H and O–H groups in total. The second-order valence-corrected chi connectivity index (χ2v) is 9.96. The molecule has 0 fully saturated rings. The normalized spacial score (nSPS) is 11.3. The number of carbonyl (C=O) groups excluding carboxylic acids is 1. The summed E-state index contributed by atoms with van der Waals surface area (Å²) >= 11 is 1.62. The molecule has 36 heavy (non-hydrogen) atoms. The van der Waals surface area contributed by atoms with Gasteiger partial charge in [0, 0.05) is 23.2 Å². The average molecular weight is 498 g/mol. The fraction of sp³-hybridized carbons (Fsp3) is 0.207. The maximum atomic E-state index is 13.3. The number of unbranched alkanes of at least 4 members (excludes halogenated alkanes) is 2.